The van der Waals surface area contributed by atoms with E-state index in [1.165, 1.54) is 25.0 Å². The summed E-state index contributed by atoms with van der Waals surface area (Å²) in [7, 11) is 4.59. The van der Waals surface area contributed by atoms with Crippen molar-refractivity contribution >= 4 is 0 Å². The van der Waals surface area contributed by atoms with Gasteiger partial charge in [-0.15, -0.1) is 0 Å². The molecule has 0 radical (unpaired) electrons. The molecule has 3 rings (SSSR count). The van der Waals surface area contributed by atoms with Gasteiger partial charge in [-0.3, -0.25) is 4.79 Å². The fourth-order valence-electron chi connectivity index (χ4n) is 6.36. The van der Waals surface area contributed by atoms with Crippen molar-refractivity contribution in [2.45, 2.75) is 109 Å². The number of pyridine rings is 1. The summed E-state index contributed by atoms with van der Waals surface area (Å²) in [6.07, 6.45) is 5.72. The van der Waals surface area contributed by atoms with Gasteiger partial charge in [0, 0.05) is 45.9 Å². The molecule has 8 nitrogen and oxygen atoms in total. The zero-order valence-electron chi connectivity index (χ0n) is 24.5. The van der Waals surface area contributed by atoms with Crippen molar-refractivity contribution in [3.63, 3.8) is 0 Å². The van der Waals surface area contributed by atoms with E-state index in [-0.39, 0.29) is 47.3 Å². The summed E-state index contributed by atoms with van der Waals surface area (Å²) in [5, 5.41) is 34.1. The Labute approximate surface area is 227 Å². The van der Waals surface area contributed by atoms with Crippen LogP contribution in [0, 0.1) is 17.8 Å². The lowest BCUT2D eigenvalue weighted by Crippen LogP contribution is -2.53. The van der Waals surface area contributed by atoms with Gasteiger partial charge in [0.1, 0.15) is 11.4 Å². The van der Waals surface area contributed by atoms with Crippen LogP contribution in [0.25, 0.3) is 0 Å². The quantitative estimate of drug-likeness (QED) is 0.311. The Morgan fingerprint density at radius 3 is 2.50 bits per heavy atom. The number of allylic oxidation sites excluding steroid dienone is 1. The molecule has 0 aromatic carbocycles. The molecule has 0 bridgehead atoms. The van der Waals surface area contributed by atoms with Gasteiger partial charge >= 0.3 is 0 Å². The molecule has 38 heavy (non-hydrogen) atoms. The van der Waals surface area contributed by atoms with E-state index in [1.54, 1.807) is 7.05 Å². The monoisotopic (exact) mass is 535 g/mol. The third kappa shape index (κ3) is 6.04. The van der Waals surface area contributed by atoms with Crippen molar-refractivity contribution in [1.82, 2.24) is 4.57 Å². The molecule has 7 unspecified atom stereocenters. The molecule has 7 atom stereocenters. The van der Waals surface area contributed by atoms with Crippen LogP contribution in [-0.2, 0) is 26.9 Å². The maximum Gasteiger partial charge on any atom is 0.259 e. The van der Waals surface area contributed by atoms with Crippen molar-refractivity contribution in [2.24, 2.45) is 24.8 Å². The molecule has 2 fully saturated rings. The summed E-state index contributed by atoms with van der Waals surface area (Å²) in [5.41, 5.74) is -0.738. The molecule has 0 amide bonds. The highest BCUT2D eigenvalue weighted by Crippen LogP contribution is 2.48. The van der Waals surface area contributed by atoms with Crippen LogP contribution >= 0.6 is 0 Å². The van der Waals surface area contributed by atoms with E-state index in [4.69, 9.17) is 14.2 Å². The van der Waals surface area contributed by atoms with E-state index in [0.29, 0.717) is 24.7 Å². The van der Waals surface area contributed by atoms with Crippen LogP contribution in [0.4, 0.5) is 0 Å². The Morgan fingerprint density at radius 1 is 1.26 bits per heavy atom. The number of aryl methyl sites for hydroxylation is 1. The second-order valence-electron chi connectivity index (χ2n) is 11.9. The SMILES string of the molecule is CCC(C)CC(C)/C=C(\C)C1OC(c2c(O)c(C3(O)CCC(OC)(OC)CC3O)cn(C)c2=O)CCC1C. The van der Waals surface area contributed by atoms with E-state index in [1.807, 2.05) is 0 Å². The lowest BCUT2D eigenvalue weighted by molar-refractivity contribution is -0.269. The Hall–Kier alpha value is -1.71. The van der Waals surface area contributed by atoms with Gasteiger partial charge in [-0.2, -0.15) is 0 Å². The number of rotatable bonds is 9. The molecule has 1 aliphatic heterocycles. The van der Waals surface area contributed by atoms with Gasteiger partial charge < -0.3 is 34.1 Å². The lowest BCUT2D eigenvalue weighted by atomic mass is 9.74. The molecule has 1 saturated heterocycles. The van der Waals surface area contributed by atoms with Crippen LogP contribution in [-0.4, -0.2) is 52.1 Å². The zero-order valence-corrected chi connectivity index (χ0v) is 24.5. The molecular formula is C30H49NO7. The van der Waals surface area contributed by atoms with Crippen LogP contribution in [0.1, 0.15) is 96.8 Å². The molecule has 1 saturated carbocycles. The second-order valence-corrected chi connectivity index (χ2v) is 11.9. The smallest absolute Gasteiger partial charge is 0.259 e. The van der Waals surface area contributed by atoms with Gasteiger partial charge in [-0.25, -0.2) is 0 Å². The Balaban J connectivity index is 1.95. The van der Waals surface area contributed by atoms with Crippen LogP contribution in [0.5, 0.6) is 5.75 Å². The molecule has 3 N–H and O–H groups in total. The first-order chi connectivity index (χ1) is 17.8. The maximum absolute atomic E-state index is 13.3. The molecule has 1 aromatic rings. The van der Waals surface area contributed by atoms with E-state index >= 15 is 0 Å². The number of hydrogen-bond acceptors (Lipinski definition) is 7. The number of aliphatic hydroxyl groups excluding tert-OH is 1. The van der Waals surface area contributed by atoms with Crippen molar-refractivity contribution in [3.8, 4) is 5.75 Å². The number of ether oxygens (including phenoxy) is 3. The number of nitrogens with zero attached hydrogens (tertiary/aromatic N) is 1. The second kappa shape index (κ2) is 12.2. The van der Waals surface area contributed by atoms with E-state index in [2.05, 4.69) is 40.7 Å². The fraction of sp³-hybridized carbons (Fsp3) is 0.767. The van der Waals surface area contributed by atoms with Gasteiger partial charge in [-0.1, -0.05) is 40.2 Å². The highest BCUT2D eigenvalue weighted by Gasteiger charge is 2.51. The third-order valence-corrected chi connectivity index (χ3v) is 9.04. The van der Waals surface area contributed by atoms with Crippen LogP contribution in [0.15, 0.2) is 22.6 Å². The first kappa shape index (κ1) is 30.8. The van der Waals surface area contributed by atoms with Crippen LogP contribution in [0.2, 0.25) is 0 Å². The number of aliphatic hydroxyl groups is 2. The molecule has 1 aliphatic carbocycles. The third-order valence-electron chi connectivity index (χ3n) is 9.04. The van der Waals surface area contributed by atoms with Crippen molar-refractivity contribution in [3.05, 3.63) is 39.3 Å². The maximum atomic E-state index is 13.3. The van der Waals surface area contributed by atoms with Crippen molar-refractivity contribution in [2.75, 3.05) is 14.2 Å². The molecule has 0 spiro atoms. The molecule has 2 aliphatic rings. The topological polar surface area (TPSA) is 110 Å². The predicted molar refractivity (Wildman–Crippen MR) is 147 cm³/mol. The minimum absolute atomic E-state index is 0.0203. The number of methoxy groups -OCH3 is 2. The van der Waals surface area contributed by atoms with Gasteiger partial charge in [0.15, 0.2) is 5.79 Å². The first-order valence-corrected chi connectivity index (χ1v) is 14.1. The van der Waals surface area contributed by atoms with Gasteiger partial charge in [0.05, 0.1) is 23.9 Å². The zero-order chi connectivity index (χ0) is 28.4. The number of hydrogen-bond donors (Lipinski definition) is 3. The fourth-order valence-corrected chi connectivity index (χ4v) is 6.36. The first-order valence-electron chi connectivity index (χ1n) is 14.1. The largest absolute Gasteiger partial charge is 0.507 e. The van der Waals surface area contributed by atoms with Gasteiger partial charge in [0.25, 0.3) is 5.56 Å². The molecule has 2 heterocycles. The standard InChI is InChI=1S/C30H49NO7/c1-9-18(2)14-19(3)15-21(5)27-20(4)10-11-23(38-27)25-26(33)22(17-31(6)28(25)34)30(35)13-12-29(36-7,37-8)16-24(30)32/h15,17-20,23-24,27,32-33,35H,9-14,16H2,1-8H3/b21-15+. The predicted octanol–water partition coefficient (Wildman–Crippen LogP) is 4.69. The average molecular weight is 536 g/mol. The van der Waals surface area contributed by atoms with Gasteiger partial charge in [-0.05, 0) is 55.9 Å². The highest BCUT2D eigenvalue weighted by atomic mass is 16.7. The molecule has 1 aromatic heterocycles. The summed E-state index contributed by atoms with van der Waals surface area (Å²) in [6.45, 7) is 10.9. The summed E-state index contributed by atoms with van der Waals surface area (Å²) in [6, 6.07) is 0. The Bertz CT molecular complexity index is 1050. The van der Waals surface area contributed by atoms with E-state index < -0.39 is 23.6 Å². The summed E-state index contributed by atoms with van der Waals surface area (Å²) < 4.78 is 18.9. The summed E-state index contributed by atoms with van der Waals surface area (Å²) in [4.78, 5) is 13.3. The lowest BCUT2D eigenvalue weighted by Gasteiger charge is -2.46. The molecule has 8 heteroatoms. The van der Waals surface area contributed by atoms with Crippen LogP contribution < -0.4 is 5.56 Å². The normalized spacial score (nSPS) is 31.7. The van der Waals surface area contributed by atoms with Gasteiger partial charge in [0.2, 0.25) is 0 Å². The summed E-state index contributed by atoms with van der Waals surface area (Å²) in [5.74, 6) is 0.0125. The summed E-state index contributed by atoms with van der Waals surface area (Å²) >= 11 is 0. The van der Waals surface area contributed by atoms with Crippen molar-refractivity contribution in [1.29, 1.82) is 0 Å². The van der Waals surface area contributed by atoms with Crippen LogP contribution in [0.3, 0.4) is 0 Å². The van der Waals surface area contributed by atoms with E-state index in [0.717, 1.165) is 24.8 Å². The number of aromatic hydroxyl groups is 1. The van der Waals surface area contributed by atoms with Crippen molar-refractivity contribution < 1.29 is 29.5 Å². The molecular weight excluding hydrogens is 486 g/mol. The highest BCUT2D eigenvalue weighted by molar-refractivity contribution is 5.44. The minimum atomic E-state index is -1.77. The average Bonchev–Trinajstić information content (AvgIpc) is 2.88. The Morgan fingerprint density at radius 2 is 1.92 bits per heavy atom. The Kier molecular flexibility index (Phi) is 9.91. The molecule has 216 valence electrons. The number of aromatic nitrogens is 1. The minimum Gasteiger partial charge on any atom is -0.507 e. The van der Waals surface area contributed by atoms with E-state index in [9.17, 15) is 20.1 Å².